The lowest BCUT2D eigenvalue weighted by atomic mass is 10.0. The molecule has 94 valence electrons. The van der Waals surface area contributed by atoms with E-state index in [-0.39, 0.29) is 11.8 Å². The van der Waals surface area contributed by atoms with Gasteiger partial charge in [-0.1, -0.05) is 5.16 Å². The Kier molecular flexibility index (Phi) is 2.71. The maximum absolute atomic E-state index is 10.3. The Morgan fingerprint density at radius 2 is 2.28 bits per heavy atom. The van der Waals surface area contributed by atoms with Gasteiger partial charge in [0, 0.05) is 22.4 Å². The Labute approximate surface area is 112 Å². The van der Waals surface area contributed by atoms with E-state index >= 15 is 0 Å². The molecule has 1 saturated carbocycles. The fourth-order valence-electron chi connectivity index (χ4n) is 1.92. The normalized spacial score (nSPS) is 18.6. The number of aliphatic hydroxyl groups is 1. The highest BCUT2D eigenvalue weighted by Crippen LogP contribution is 2.45. The van der Waals surface area contributed by atoms with Crippen molar-refractivity contribution >= 4 is 15.9 Å². The number of hydrogen-bond donors (Lipinski definition) is 1. The minimum atomic E-state index is -1.02. The molecule has 0 aromatic carbocycles. The second-order valence-electron chi connectivity index (χ2n) is 4.70. The Balaban J connectivity index is 1.97. The Hall–Kier alpha value is -1.27. The number of halogens is 1. The van der Waals surface area contributed by atoms with Gasteiger partial charge in [0.25, 0.3) is 5.89 Å². The zero-order valence-corrected chi connectivity index (χ0v) is 11.4. The highest BCUT2D eigenvalue weighted by atomic mass is 79.9. The fourth-order valence-corrected chi connectivity index (χ4v) is 2.34. The summed E-state index contributed by atoms with van der Waals surface area (Å²) in [7, 11) is 0. The molecular formula is C12H12BrN3O2. The minimum absolute atomic E-state index is 0.228. The third-order valence-corrected chi connectivity index (χ3v) is 3.88. The van der Waals surface area contributed by atoms with Gasteiger partial charge in [-0.05, 0) is 47.7 Å². The van der Waals surface area contributed by atoms with Crippen LogP contribution in [0, 0.1) is 5.92 Å². The molecule has 0 radical (unpaired) electrons. The SMILES string of the molecule is CC(O)(c1nc(-c2ccncc2Br)no1)C1CC1. The van der Waals surface area contributed by atoms with E-state index in [1.807, 2.05) is 0 Å². The molecule has 0 bridgehead atoms. The first kappa shape index (κ1) is 11.8. The monoisotopic (exact) mass is 309 g/mol. The molecule has 6 heteroatoms. The smallest absolute Gasteiger partial charge is 0.258 e. The van der Waals surface area contributed by atoms with Gasteiger partial charge in [-0.3, -0.25) is 4.98 Å². The molecule has 1 unspecified atom stereocenters. The number of aromatic nitrogens is 3. The van der Waals surface area contributed by atoms with Crippen LogP contribution < -0.4 is 0 Å². The third-order valence-electron chi connectivity index (χ3n) is 3.24. The molecular weight excluding hydrogens is 298 g/mol. The van der Waals surface area contributed by atoms with Crippen LogP contribution in [0.1, 0.15) is 25.7 Å². The van der Waals surface area contributed by atoms with Gasteiger partial charge in [-0.25, -0.2) is 0 Å². The quantitative estimate of drug-likeness (QED) is 0.943. The number of nitrogens with zero attached hydrogens (tertiary/aromatic N) is 3. The van der Waals surface area contributed by atoms with E-state index in [9.17, 15) is 5.11 Å². The summed E-state index contributed by atoms with van der Waals surface area (Å²) < 4.78 is 5.98. The summed E-state index contributed by atoms with van der Waals surface area (Å²) in [5, 5.41) is 14.3. The Morgan fingerprint density at radius 3 is 2.94 bits per heavy atom. The second kappa shape index (κ2) is 4.13. The van der Waals surface area contributed by atoms with Crippen molar-refractivity contribution in [2.75, 3.05) is 0 Å². The van der Waals surface area contributed by atoms with Gasteiger partial charge in [0.05, 0.1) is 0 Å². The molecule has 1 aliphatic rings. The first-order valence-electron chi connectivity index (χ1n) is 5.75. The van der Waals surface area contributed by atoms with Crippen LogP contribution in [0.3, 0.4) is 0 Å². The van der Waals surface area contributed by atoms with Crippen molar-refractivity contribution in [3.05, 3.63) is 28.8 Å². The molecule has 2 aromatic rings. The highest BCUT2D eigenvalue weighted by Gasteiger charge is 2.45. The first-order chi connectivity index (χ1) is 8.59. The van der Waals surface area contributed by atoms with Crippen molar-refractivity contribution in [2.45, 2.75) is 25.4 Å². The van der Waals surface area contributed by atoms with E-state index in [0.717, 1.165) is 22.9 Å². The predicted octanol–water partition coefficient (Wildman–Crippen LogP) is 2.51. The van der Waals surface area contributed by atoms with Crippen LogP contribution >= 0.6 is 15.9 Å². The van der Waals surface area contributed by atoms with Gasteiger partial charge in [0.1, 0.15) is 5.60 Å². The second-order valence-corrected chi connectivity index (χ2v) is 5.55. The molecule has 18 heavy (non-hydrogen) atoms. The number of pyridine rings is 1. The summed E-state index contributed by atoms with van der Waals surface area (Å²) in [5.74, 6) is 0.968. The first-order valence-corrected chi connectivity index (χ1v) is 6.55. The summed E-state index contributed by atoms with van der Waals surface area (Å²) in [6.07, 6.45) is 5.34. The van der Waals surface area contributed by atoms with Gasteiger partial charge in [0.2, 0.25) is 5.82 Å². The number of hydrogen-bond acceptors (Lipinski definition) is 5. The zero-order chi connectivity index (χ0) is 12.8. The van der Waals surface area contributed by atoms with Crippen LogP contribution in [0.25, 0.3) is 11.4 Å². The molecule has 5 nitrogen and oxygen atoms in total. The molecule has 1 fully saturated rings. The summed E-state index contributed by atoms with van der Waals surface area (Å²) >= 11 is 3.39. The van der Waals surface area contributed by atoms with Crippen molar-refractivity contribution in [1.29, 1.82) is 0 Å². The molecule has 1 N–H and O–H groups in total. The maximum atomic E-state index is 10.3. The van der Waals surface area contributed by atoms with Crippen LogP contribution in [0.2, 0.25) is 0 Å². The molecule has 1 aliphatic carbocycles. The van der Waals surface area contributed by atoms with Crippen molar-refractivity contribution in [1.82, 2.24) is 15.1 Å². The van der Waals surface area contributed by atoms with E-state index in [1.165, 1.54) is 0 Å². The molecule has 0 aliphatic heterocycles. The lowest BCUT2D eigenvalue weighted by Crippen LogP contribution is -2.24. The molecule has 3 rings (SSSR count). The average Bonchev–Trinajstić information content (AvgIpc) is 3.09. The lowest BCUT2D eigenvalue weighted by Gasteiger charge is -2.16. The summed E-state index contributed by atoms with van der Waals surface area (Å²) in [6, 6.07) is 1.80. The van der Waals surface area contributed by atoms with Crippen LogP contribution in [0.4, 0.5) is 0 Å². The molecule has 1 atom stereocenters. The van der Waals surface area contributed by atoms with Crippen molar-refractivity contribution in [3.63, 3.8) is 0 Å². The zero-order valence-electron chi connectivity index (χ0n) is 9.80. The van der Waals surface area contributed by atoms with Crippen molar-refractivity contribution in [2.24, 2.45) is 5.92 Å². The van der Waals surface area contributed by atoms with Crippen LogP contribution in [0.15, 0.2) is 27.5 Å². The molecule has 0 amide bonds. The predicted molar refractivity (Wildman–Crippen MR) is 67.5 cm³/mol. The molecule has 0 saturated heterocycles. The van der Waals surface area contributed by atoms with Crippen LogP contribution in [-0.2, 0) is 5.60 Å². The van der Waals surface area contributed by atoms with Gasteiger partial charge >= 0.3 is 0 Å². The van der Waals surface area contributed by atoms with Gasteiger partial charge in [-0.2, -0.15) is 4.98 Å². The lowest BCUT2D eigenvalue weighted by molar-refractivity contribution is 0.000916. The van der Waals surface area contributed by atoms with E-state index in [1.54, 1.807) is 25.4 Å². The van der Waals surface area contributed by atoms with E-state index < -0.39 is 5.60 Å². The van der Waals surface area contributed by atoms with Crippen molar-refractivity contribution in [3.8, 4) is 11.4 Å². The fraction of sp³-hybridized carbons (Fsp3) is 0.417. The third kappa shape index (κ3) is 1.95. The van der Waals surface area contributed by atoms with E-state index in [2.05, 4.69) is 31.1 Å². The van der Waals surface area contributed by atoms with Gasteiger partial charge in [0.15, 0.2) is 0 Å². The molecule has 0 spiro atoms. The number of rotatable bonds is 3. The van der Waals surface area contributed by atoms with Crippen LogP contribution in [0.5, 0.6) is 0 Å². The Bertz CT molecular complexity index is 578. The van der Waals surface area contributed by atoms with Gasteiger partial charge < -0.3 is 9.63 Å². The molecule has 2 heterocycles. The van der Waals surface area contributed by atoms with E-state index in [4.69, 9.17) is 4.52 Å². The minimum Gasteiger partial charge on any atom is -0.380 e. The highest BCUT2D eigenvalue weighted by molar-refractivity contribution is 9.10. The Morgan fingerprint density at radius 1 is 1.50 bits per heavy atom. The summed E-state index contributed by atoms with van der Waals surface area (Å²) in [5.41, 5.74) is -0.225. The average molecular weight is 310 g/mol. The van der Waals surface area contributed by atoms with E-state index in [0.29, 0.717) is 5.82 Å². The summed E-state index contributed by atoms with van der Waals surface area (Å²) in [4.78, 5) is 8.27. The topological polar surface area (TPSA) is 72.0 Å². The van der Waals surface area contributed by atoms with Crippen LogP contribution in [-0.4, -0.2) is 20.2 Å². The molecule has 2 aromatic heterocycles. The standard InChI is InChI=1S/C12H12BrN3O2/c1-12(17,7-2-3-7)11-15-10(16-18-11)8-4-5-14-6-9(8)13/h4-7,17H,2-3H2,1H3. The van der Waals surface area contributed by atoms with Crippen molar-refractivity contribution < 1.29 is 9.63 Å². The van der Waals surface area contributed by atoms with Gasteiger partial charge in [-0.15, -0.1) is 0 Å². The maximum Gasteiger partial charge on any atom is 0.258 e. The summed E-state index contributed by atoms with van der Waals surface area (Å²) in [6.45, 7) is 1.73. The largest absolute Gasteiger partial charge is 0.380 e.